The fourth-order valence-electron chi connectivity index (χ4n) is 2.78. The van der Waals surface area contributed by atoms with Gasteiger partial charge in [0.25, 0.3) is 0 Å². The molecule has 1 aliphatic carbocycles. The van der Waals surface area contributed by atoms with Crippen molar-refractivity contribution in [2.75, 3.05) is 0 Å². The summed E-state index contributed by atoms with van der Waals surface area (Å²) in [5, 5.41) is 0.627. The number of Topliss-reactive ketones (excluding diaryl/α,β-unsaturated/α-hetero) is 1. The second-order valence-electron chi connectivity index (χ2n) is 4.85. The van der Waals surface area contributed by atoms with E-state index in [1.165, 1.54) is 11.7 Å². The van der Waals surface area contributed by atoms with Crippen LogP contribution in [0, 0.1) is 0 Å². The average molecular weight is 304 g/mol. The molecule has 1 aromatic carbocycles. The molecule has 0 radical (unpaired) electrons. The van der Waals surface area contributed by atoms with Gasteiger partial charge in [-0.15, -0.1) is 0 Å². The van der Waals surface area contributed by atoms with Gasteiger partial charge in [0, 0.05) is 23.9 Å². The molecule has 0 unspecified atom stereocenters. The van der Waals surface area contributed by atoms with Crippen LogP contribution in [0.1, 0.15) is 28.9 Å². The van der Waals surface area contributed by atoms with E-state index in [2.05, 4.69) is 8.75 Å². The Morgan fingerprint density at radius 1 is 1.20 bits per heavy atom. The van der Waals surface area contributed by atoms with Crippen molar-refractivity contribution in [1.29, 1.82) is 0 Å². The molecule has 0 aliphatic heterocycles. The van der Waals surface area contributed by atoms with Gasteiger partial charge in [0.15, 0.2) is 5.78 Å². The van der Waals surface area contributed by atoms with Gasteiger partial charge in [0.2, 0.25) is 0 Å². The Hall–Kier alpha value is -1.72. The molecule has 20 heavy (non-hydrogen) atoms. The van der Waals surface area contributed by atoms with Crippen LogP contribution in [0.3, 0.4) is 0 Å². The quantitative estimate of drug-likeness (QED) is 0.689. The van der Waals surface area contributed by atoms with E-state index in [4.69, 9.17) is 11.6 Å². The fraction of sp³-hybridized carbons (Fsp3) is 0.214. The lowest BCUT2D eigenvalue weighted by atomic mass is 9.96. The standard InChI is InChI=1S/C14H10ClN3OS/c15-9-4-5-10-13(17-20-16-10)14(9)18-7-6-8-11(18)2-1-3-12(8)19/h4-7H,1-3H2. The molecule has 0 saturated heterocycles. The summed E-state index contributed by atoms with van der Waals surface area (Å²) in [7, 11) is 0. The van der Waals surface area contributed by atoms with Crippen LogP contribution in [0.2, 0.25) is 5.02 Å². The largest absolute Gasteiger partial charge is 0.317 e. The van der Waals surface area contributed by atoms with Gasteiger partial charge in [-0.2, -0.15) is 8.75 Å². The van der Waals surface area contributed by atoms with Gasteiger partial charge in [-0.05, 0) is 31.0 Å². The van der Waals surface area contributed by atoms with Crippen LogP contribution in [-0.4, -0.2) is 19.1 Å². The van der Waals surface area contributed by atoms with Crippen molar-refractivity contribution < 1.29 is 4.79 Å². The molecule has 0 saturated carbocycles. The van der Waals surface area contributed by atoms with Crippen LogP contribution in [0.4, 0.5) is 0 Å². The highest BCUT2D eigenvalue weighted by Gasteiger charge is 2.23. The van der Waals surface area contributed by atoms with Crippen molar-refractivity contribution in [2.24, 2.45) is 0 Å². The number of nitrogens with zero attached hydrogens (tertiary/aromatic N) is 3. The summed E-state index contributed by atoms with van der Waals surface area (Å²) < 4.78 is 10.6. The van der Waals surface area contributed by atoms with Gasteiger partial charge in [-0.3, -0.25) is 4.79 Å². The molecule has 0 spiro atoms. The van der Waals surface area contributed by atoms with Crippen LogP contribution in [0.25, 0.3) is 16.7 Å². The summed E-state index contributed by atoms with van der Waals surface area (Å²) in [6, 6.07) is 5.58. The molecular formula is C14H10ClN3OS. The molecule has 0 atom stereocenters. The molecule has 2 aromatic heterocycles. The third-order valence-corrected chi connectivity index (χ3v) is 4.55. The van der Waals surface area contributed by atoms with Crippen molar-refractivity contribution in [3.63, 3.8) is 0 Å². The molecule has 0 bridgehead atoms. The number of rotatable bonds is 1. The lowest BCUT2D eigenvalue weighted by molar-refractivity contribution is 0.0972. The first-order valence-electron chi connectivity index (χ1n) is 6.40. The number of carbonyl (C=O) groups excluding carboxylic acids is 1. The predicted molar refractivity (Wildman–Crippen MR) is 79.0 cm³/mol. The normalized spacial score (nSPS) is 14.8. The maximum Gasteiger partial charge on any atom is 0.164 e. The highest BCUT2D eigenvalue weighted by Crippen LogP contribution is 2.33. The number of aromatic nitrogens is 3. The molecule has 4 rings (SSSR count). The Kier molecular flexibility index (Phi) is 2.65. The van der Waals surface area contributed by atoms with Gasteiger partial charge < -0.3 is 4.57 Å². The number of ketones is 1. The summed E-state index contributed by atoms with van der Waals surface area (Å²) in [5.41, 5.74) is 4.29. The van der Waals surface area contributed by atoms with E-state index < -0.39 is 0 Å². The van der Waals surface area contributed by atoms with Crippen LogP contribution < -0.4 is 0 Å². The number of benzene rings is 1. The van der Waals surface area contributed by atoms with Crippen molar-refractivity contribution >= 4 is 40.1 Å². The zero-order chi connectivity index (χ0) is 13.7. The Balaban J connectivity index is 2.03. The molecule has 100 valence electrons. The van der Waals surface area contributed by atoms with Gasteiger partial charge in [0.05, 0.1) is 22.4 Å². The molecule has 0 amide bonds. The molecular weight excluding hydrogens is 294 g/mol. The van der Waals surface area contributed by atoms with Crippen molar-refractivity contribution in [3.05, 3.63) is 40.7 Å². The third-order valence-electron chi connectivity index (χ3n) is 3.70. The zero-order valence-corrected chi connectivity index (χ0v) is 12.0. The van der Waals surface area contributed by atoms with Gasteiger partial charge in [0.1, 0.15) is 11.0 Å². The van der Waals surface area contributed by atoms with E-state index >= 15 is 0 Å². The average Bonchev–Trinajstić information content (AvgIpc) is 3.06. The highest BCUT2D eigenvalue weighted by molar-refractivity contribution is 7.00. The first kappa shape index (κ1) is 12.1. The number of halogens is 1. The van der Waals surface area contributed by atoms with E-state index in [0.717, 1.165) is 40.8 Å². The van der Waals surface area contributed by atoms with E-state index in [1.807, 2.05) is 29.0 Å². The summed E-state index contributed by atoms with van der Waals surface area (Å²) >= 11 is 7.53. The molecule has 1 aliphatic rings. The first-order valence-corrected chi connectivity index (χ1v) is 7.51. The Labute approximate surface area is 124 Å². The van der Waals surface area contributed by atoms with Crippen LogP contribution in [-0.2, 0) is 6.42 Å². The van der Waals surface area contributed by atoms with Crippen LogP contribution in [0.5, 0.6) is 0 Å². The SMILES string of the molecule is O=C1CCCc2c1ccn2-c1c(Cl)ccc2nsnc12. The lowest BCUT2D eigenvalue weighted by Crippen LogP contribution is -2.12. The maximum atomic E-state index is 12.0. The third kappa shape index (κ3) is 1.63. The Morgan fingerprint density at radius 3 is 3.00 bits per heavy atom. The molecule has 0 N–H and O–H groups in total. The minimum Gasteiger partial charge on any atom is -0.317 e. The molecule has 6 heteroatoms. The monoisotopic (exact) mass is 303 g/mol. The minimum absolute atomic E-state index is 0.213. The second-order valence-corrected chi connectivity index (χ2v) is 5.79. The molecule has 2 heterocycles. The molecule has 3 aromatic rings. The molecule has 4 nitrogen and oxygen atoms in total. The van der Waals surface area contributed by atoms with Crippen molar-refractivity contribution in [1.82, 2.24) is 13.3 Å². The maximum absolute atomic E-state index is 12.0. The Bertz CT molecular complexity index is 836. The number of fused-ring (bicyclic) bond motifs is 2. The van der Waals surface area contributed by atoms with E-state index in [1.54, 1.807) is 0 Å². The van der Waals surface area contributed by atoms with E-state index in [-0.39, 0.29) is 5.78 Å². The minimum atomic E-state index is 0.213. The molecule has 0 fully saturated rings. The van der Waals surface area contributed by atoms with Gasteiger partial charge in [-0.1, -0.05) is 11.6 Å². The fourth-order valence-corrected chi connectivity index (χ4v) is 3.56. The number of hydrogen-bond donors (Lipinski definition) is 0. The summed E-state index contributed by atoms with van der Waals surface area (Å²) in [4.78, 5) is 12.0. The van der Waals surface area contributed by atoms with E-state index in [9.17, 15) is 4.79 Å². The predicted octanol–water partition coefficient (Wildman–Crippen LogP) is 3.65. The van der Waals surface area contributed by atoms with Crippen LogP contribution >= 0.6 is 23.3 Å². The summed E-state index contributed by atoms with van der Waals surface area (Å²) in [5.74, 6) is 0.213. The number of carbonyl (C=O) groups is 1. The Morgan fingerprint density at radius 2 is 2.10 bits per heavy atom. The first-order chi connectivity index (χ1) is 9.75. The van der Waals surface area contributed by atoms with Gasteiger partial charge in [-0.25, -0.2) is 0 Å². The summed E-state index contributed by atoms with van der Waals surface area (Å²) in [6.07, 6.45) is 4.32. The van der Waals surface area contributed by atoms with Crippen molar-refractivity contribution in [3.8, 4) is 5.69 Å². The zero-order valence-electron chi connectivity index (χ0n) is 10.5. The second kappa shape index (κ2) is 4.40. The summed E-state index contributed by atoms with van der Waals surface area (Å²) in [6.45, 7) is 0. The van der Waals surface area contributed by atoms with Crippen molar-refractivity contribution in [2.45, 2.75) is 19.3 Å². The van der Waals surface area contributed by atoms with Crippen LogP contribution in [0.15, 0.2) is 24.4 Å². The van der Waals surface area contributed by atoms with Gasteiger partial charge >= 0.3 is 0 Å². The topological polar surface area (TPSA) is 47.8 Å². The lowest BCUT2D eigenvalue weighted by Gasteiger charge is -2.16. The number of hydrogen-bond acceptors (Lipinski definition) is 4. The highest BCUT2D eigenvalue weighted by atomic mass is 35.5. The smallest absolute Gasteiger partial charge is 0.164 e. The van der Waals surface area contributed by atoms with E-state index in [0.29, 0.717) is 11.4 Å².